The molecule has 0 amide bonds. The molecule has 0 unspecified atom stereocenters. The average Bonchev–Trinajstić information content (AvgIpc) is 2.30. The predicted molar refractivity (Wildman–Crippen MR) is 59.1 cm³/mol. The van der Waals surface area contributed by atoms with Gasteiger partial charge in [0.25, 0.3) is 0 Å². The van der Waals surface area contributed by atoms with Crippen LogP contribution in [-0.2, 0) is 4.79 Å². The molecule has 0 aliphatic rings. The van der Waals surface area contributed by atoms with Crippen LogP contribution in [-0.4, -0.2) is 16.2 Å². The Balaban J connectivity index is 2.52. The van der Waals surface area contributed by atoms with Crippen LogP contribution in [0.4, 0.5) is 5.69 Å². The van der Waals surface area contributed by atoms with Crippen LogP contribution in [0.5, 0.6) is 5.75 Å². The molecule has 16 heavy (non-hydrogen) atoms. The summed E-state index contributed by atoms with van der Waals surface area (Å²) in [4.78, 5) is 17.5. The second kappa shape index (κ2) is 4.38. The number of phenols is 1. The Morgan fingerprint density at radius 3 is 2.81 bits per heavy atom. The molecule has 1 heterocycles. The van der Waals surface area contributed by atoms with Crippen molar-refractivity contribution in [2.45, 2.75) is 0 Å². The van der Waals surface area contributed by atoms with Gasteiger partial charge in [-0.1, -0.05) is 18.2 Å². The Morgan fingerprint density at radius 2 is 2.06 bits per heavy atom. The molecule has 78 valence electrons. The highest BCUT2D eigenvalue weighted by molar-refractivity contribution is 5.71. The van der Waals surface area contributed by atoms with Crippen LogP contribution < -0.4 is 0 Å². The highest BCUT2D eigenvalue weighted by Gasteiger charge is 2.03. The Morgan fingerprint density at radius 1 is 1.25 bits per heavy atom. The molecular weight excluding hydrogens is 204 g/mol. The summed E-state index contributed by atoms with van der Waals surface area (Å²) in [5.41, 5.74) is 1.77. The summed E-state index contributed by atoms with van der Waals surface area (Å²) in [6.45, 7) is 0. The van der Waals surface area contributed by atoms with Crippen molar-refractivity contribution in [2.75, 3.05) is 0 Å². The molecule has 0 radical (unpaired) electrons. The van der Waals surface area contributed by atoms with Crippen LogP contribution in [0, 0.1) is 0 Å². The summed E-state index contributed by atoms with van der Waals surface area (Å²) in [7, 11) is 0. The molecule has 0 fully saturated rings. The number of aromatic hydroxyl groups is 1. The van der Waals surface area contributed by atoms with Crippen molar-refractivity contribution in [3.05, 3.63) is 42.7 Å². The van der Waals surface area contributed by atoms with E-state index >= 15 is 0 Å². The Labute approximate surface area is 91.9 Å². The summed E-state index contributed by atoms with van der Waals surface area (Å²) < 4.78 is 0. The van der Waals surface area contributed by atoms with Gasteiger partial charge in [0.05, 0.1) is 11.9 Å². The van der Waals surface area contributed by atoms with E-state index in [1.165, 1.54) is 12.3 Å². The van der Waals surface area contributed by atoms with E-state index in [2.05, 4.69) is 9.98 Å². The normalized spacial score (nSPS) is 9.50. The molecule has 1 aromatic heterocycles. The lowest BCUT2D eigenvalue weighted by atomic mass is 10.1. The topological polar surface area (TPSA) is 62.5 Å². The van der Waals surface area contributed by atoms with Crippen LogP contribution in [0.25, 0.3) is 11.1 Å². The van der Waals surface area contributed by atoms with E-state index in [0.717, 1.165) is 0 Å². The molecule has 2 aromatic rings. The third kappa shape index (κ3) is 1.97. The number of pyridine rings is 1. The van der Waals surface area contributed by atoms with E-state index in [4.69, 9.17) is 0 Å². The van der Waals surface area contributed by atoms with E-state index in [1.807, 2.05) is 6.07 Å². The molecule has 0 aliphatic heterocycles. The van der Waals surface area contributed by atoms with Gasteiger partial charge in [-0.15, -0.1) is 0 Å². The first-order valence-corrected chi connectivity index (χ1v) is 4.62. The number of rotatable bonds is 2. The van der Waals surface area contributed by atoms with Crippen molar-refractivity contribution in [1.29, 1.82) is 0 Å². The zero-order chi connectivity index (χ0) is 11.4. The number of aliphatic imine (C=N–C) groups is 1. The second-order valence-electron chi connectivity index (χ2n) is 3.15. The molecule has 0 bridgehead atoms. The molecule has 0 saturated heterocycles. The molecule has 0 saturated carbocycles. The monoisotopic (exact) mass is 212 g/mol. The van der Waals surface area contributed by atoms with E-state index in [0.29, 0.717) is 16.8 Å². The van der Waals surface area contributed by atoms with Crippen LogP contribution >= 0.6 is 0 Å². The minimum atomic E-state index is 0.163. The number of benzene rings is 1. The first kappa shape index (κ1) is 10.1. The van der Waals surface area contributed by atoms with Crippen molar-refractivity contribution in [1.82, 2.24) is 4.98 Å². The van der Waals surface area contributed by atoms with Gasteiger partial charge in [0.1, 0.15) is 5.75 Å². The maximum absolute atomic E-state index is 10.1. The number of phenolic OH excluding ortho intramolecular Hbond substituents is 1. The zero-order valence-electron chi connectivity index (χ0n) is 8.29. The Hall–Kier alpha value is -2.45. The van der Waals surface area contributed by atoms with Gasteiger partial charge in [-0.05, 0) is 12.1 Å². The maximum Gasteiger partial charge on any atom is 0.240 e. The number of nitrogens with zero attached hydrogens (tertiary/aromatic N) is 2. The third-order valence-corrected chi connectivity index (χ3v) is 2.11. The van der Waals surface area contributed by atoms with Gasteiger partial charge in [-0.2, -0.15) is 4.99 Å². The average molecular weight is 212 g/mol. The molecular formula is C12H8N2O2. The second-order valence-corrected chi connectivity index (χ2v) is 3.15. The number of aromatic nitrogens is 1. The van der Waals surface area contributed by atoms with Crippen molar-refractivity contribution >= 4 is 11.8 Å². The van der Waals surface area contributed by atoms with Gasteiger partial charge in [0, 0.05) is 17.3 Å². The highest BCUT2D eigenvalue weighted by atomic mass is 16.3. The first-order valence-electron chi connectivity index (χ1n) is 4.62. The number of carbonyl (C=O) groups excluding carboxylic acids is 1. The Kier molecular flexibility index (Phi) is 2.76. The molecule has 0 aliphatic carbocycles. The molecule has 1 aromatic carbocycles. The fourth-order valence-corrected chi connectivity index (χ4v) is 1.41. The van der Waals surface area contributed by atoms with Crippen LogP contribution in [0.2, 0.25) is 0 Å². The lowest BCUT2D eigenvalue weighted by molar-refractivity contribution is 0.477. The van der Waals surface area contributed by atoms with Crippen molar-refractivity contribution in [2.24, 2.45) is 4.99 Å². The summed E-state index contributed by atoms with van der Waals surface area (Å²) in [5, 5.41) is 9.65. The van der Waals surface area contributed by atoms with Gasteiger partial charge in [0.2, 0.25) is 6.08 Å². The molecule has 4 heteroatoms. The van der Waals surface area contributed by atoms with E-state index < -0.39 is 0 Å². The minimum absolute atomic E-state index is 0.163. The third-order valence-electron chi connectivity index (χ3n) is 2.11. The van der Waals surface area contributed by atoms with E-state index in [9.17, 15) is 9.90 Å². The summed E-state index contributed by atoms with van der Waals surface area (Å²) in [5.74, 6) is 0.163. The maximum atomic E-state index is 10.1. The highest BCUT2D eigenvalue weighted by Crippen LogP contribution is 2.29. The standard InChI is InChI=1S/C12H8N2O2/c15-8-14-10-5-9(6-13-7-10)11-3-1-2-4-12(11)16/h1-7,16H. The molecule has 0 atom stereocenters. The summed E-state index contributed by atoms with van der Waals surface area (Å²) in [6, 6.07) is 8.56. The molecule has 0 spiro atoms. The molecule has 4 nitrogen and oxygen atoms in total. The number of hydrogen-bond donors (Lipinski definition) is 1. The molecule has 1 N–H and O–H groups in total. The summed E-state index contributed by atoms with van der Waals surface area (Å²) in [6.07, 6.45) is 4.50. The fourth-order valence-electron chi connectivity index (χ4n) is 1.41. The minimum Gasteiger partial charge on any atom is -0.507 e. The van der Waals surface area contributed by atoms with Gasteiger partial charge in [0.15, 0.2) is 0 Å². The number of hydrogen-bond acceptors (Lipinski definition) is 4. The quantitative estimate of drug-likeness (QED) is 0.614. The predicted octanol–water partition coefficient (Wildman–Crippen LogP) is 2.42. The van der Waals surface area contributed by atoms with E-state index in [1.54, 1.807) is 30.5 Å². The number of isocyanates is 1. The van der Waals surface area contributed by atoms with Crippen molar-refractivity contribution in [3.63, 3.8) is 0 Å². The number of para-hydroxylation sites is 1. The summed E-state index contributed by atoms with van der Waals surface area (Å²) >= 11 is 0. The Bertz CT molecular complexity index is 560. The van der Waals surface area contributed by atoms with Crippen LogP contribution in [0.3, 0.4) is 0 Å². The van der Waals surface area contributed by atoms with Gasteiger partial charge in [-0.3, -0.25) is 4.98 Å². The SMILES string of the molecule is O=C=Nc1cncc(-c2ccccc2O)c1. The smallest absolute Gasteiger partial charge is 0.240 e. The first-order chi connectivity index (χ1) is 7.81. The lowest BCUT2D eigenvalue weighted by Crippen LogP contribution is -1.80. The van der Waals surface area contributed by atoms with Crippen LogP contribution in [0.15, 0.2) is 47.7 Å². The zero-order valence-corrected chi connectivity index (χ0v) is 8.29. The van der Waals surface area contributed by atoms with Crippen molar-refractivity contribution < 1.29 is 9.90 Å². The van der Waals surface area contributed by atoms with Gasteiger partial charge in [-0.25, -0.2) is 4.79 Å². The lowest BCUT2D eigenvalue weighted by Gasteiger charge is -2.03. The van der Waals surface area contributed by atoms with Gasteiger partial charge >= 0.3 is 0 Å². The molecule has 2 rings (SSSR count). The fraction of sp³-hybridized carbons (Fsp3) is 0. The van der Waals surface area contributed by atoms with Gasteiger partial charge < -0.3 is 5.11 Å². The largest absolute Gasteiger partial charge is 0.507 e. The van der Waals surface area contributed by atoms with Crippen molar-refractivity contribution in [3.8, 4) is 16.9 Å². The van der Waals surface area contributed by atoms with E-state index in [-0.39, 0.29) is 5.75 Å². The van der Waals surface area contributed by atoms with Crippen LogP contribution in [0.1, 0.15) is 0 Å².